The highest BCUT2D eigenvalue weighted by atomic mass is 35.5. The van der Waals surface area contributed by atoms with Gasteiger partial charge in [-0.2, -0.15) is 5.26 Å². The second-order valence-corrected chi connectivity index (χ2v) is 9.13. The molecule has 0 atom stereocenters. The first kappa shape index (κ1) is 23.8. The van der Waals surface area contributed by atoms with E-state index in [9.17, 15) is 18.8 Å². The molecular weight excluding hydrogens is 484 g/mol. The molecule has 36 heavy (non-hydrogen) atoms. The molecule has 0 amide bonds. The lowest BCUT2D eigenvalue weighted by atomic mass is 9.99. The number of fused-ring (bicyclic) bond motifs is 1. The first-order valence-electron chi connectivity index (χ1n) is 11.5. The molecule has 4 aromatic rings. The van der Waals surface area contributed by atoms with Crippen molar-refractivity contribution in [2.75, 3.05) is 22.9 Å². The zero-order chi connectivity index (χ0) is 25.4. The third kappa shape index (κ3) is 4.27. The van der Waals surface area contributed by atoms with Gasteiger partial charge >= 0.3 is 0 Å². The standard InChI is InChI=1S/C27H22ClF2N5O/c1-33-23-10-11-24(28)32-25(23)26(22(16-31)27(33)36)34-14-12-21(13-15-34)35(19-6-2-17(29)3-7-19)20-8-4-18(30)5-9-20/h2-11,21H,12-15H2,1H3. The van der Waals surface area contributed by atoms with Gasteiger partial charge < -0.3 is 14.4 Å². The summed E-state index contributed by atoms with van der Waals surface area (Å²) < 4.78 is 28.7. The SMILES string of the molecule is Cn1c(=O)c(C#N)c(N2CCC(N(c3ccc(F)cc3)c3ccc(F)cc3)CC2)c2nc(Cl)ccc21. The van der Waals surface area contributed by atoms with E-state index in [4.69, 9.17) is 11.6 Å². The van der Waals surface area contributed by atoms with Crippen molar-refractivity contribution in [3.05, 3.63) is 93.4 Å². The van der Waals surface area contributed by atoms with Gasteiger partial charge in [0.05, 0.1) is 11.2 Å². The topological polar surface area (TPSA) is 65.2 Å². The fourth-order valence-electron chi connectivity index (χ4n) is 4.90. The summed E-state index contributed by atoms with van der Waals surface area (Å²) >= 11 is 6.18. The molecule has 1 saturated heterocycles. The van der Waals surface area contributed by atoms with E-state index in [0.29, 0.717) is 42.7 Å². The number of nitrogens with zero attached hydrogens (tertiary/aromatic N) is 5. The molecule has 0 aliphatic carbocycles. The Morgan fingerprint density at radius 2 is 1.53 bits per heavy atom. The number of hydrogen-bond donors (Lipinski definition) is 0. The maximum absolute atomic E-state index is 13.6. The molecule has 1 aliphatic heterocycles. The zero-order valence-electron chi connectivity index (χ0n) is 19.5. The lowest BCUT2D eigenvalue weighted by Crippen LogP contribution is -2.44. The Balaban J connectivity index is 1.51. The van der Waals surface area contributed by atoms with E-state index >= 15 is 0 Å². The number of aromatic nitrogens is 2. The number of nitriles is 1. The summed E-state index contributed by atoms with van der Waals surface area (Å²) in [6.07, 6.45) is 1.35. The number of benzene rings is 2. The van der Waals surface area contributed by atoms with Crippen LogP contribution < -0.4 is 15.4 Å². The number of aryl methyl sites for hydroxylation is 1. The van der Waals surface area contributed by atoms with Gasteiger partial charge in [0, 0.05) is 37.6 Å². The number of rotatable bonds is 4. The van der Waals surface area contributed by atoms with Crippen molar-refractivity contribution in [3.8, 4) is 6.07 Å². The van der Waals surface area contributed by atoms with Crippen molar-refractivity contribution in [3.63, 3.8) is 0 Å². The molecule has 0 saturated carbocycles. The fourth-order valence-corrected chi connectivity index (χ4v) is 5.05. The van der Waals surface area contributed by atoms with Crippen molar-refractivity contribution in [2.24, 2.45) is 7.05 Å². The number of piperidine rings is 1. The molecule has 0 radical (unpaired) electrons. The molecule has 3 heterocycles. The van der Waals surface area contributed by atoms with Crippen LogP contribution in [0.15, 0.2) is 65.5 Å². The van der Waals surface area contributed by atoms with Gasteiger partial charge in [-0.25, -0.2) is 13.8 Å². The van der Waals surface area contributed by atoms with E-state index in [1.54, 1.807) is 43.4 Å². The third-order valence-electron chi connectivity index (χ3n) is 6.65. The minimum atomic E-state index is -0.384. The quantitative estimate of drug-likeness (QED) is 0.340. The van der Waals surface area contributed by atoms with Crippen LogP contribution in [0.25, 0.3) is 11.0 Å². The molecule has 9 heteroatoms. The van der Waals surface area contributed by atoms with Crippen molar-refractivity contribution >= 4 is 39.7 Å². The highest BCUT2D eigenvalue weighted by molar-refractivity contribution is 6.29. The minimum Gasteiger partial charge on any atom is -0.368 e. The molecule has 6 nitrogen and oxygen atoms in total. The van der Waals surface area contributed by atoms with Crippen LogP contribution in [0.5, 0.6) is 0 Å². The van der Waals surface area contributed by atoms with E-state index in [2.05, 4.69) is 16.0 Å². The van der Waals surface area contributed by atoms with Crippen LogP contribution in [-0.4, -0.2) is 28.7 Å². The van der Waals surface area contributed by atoms with Gasteiger partial charge in [0.2, 0.25) is 0 Å². The van der Waals surface area contributed by atoms with Crippen molar-refractivity contribution in [1.82, 2.24) is 9.55 Å². The summed E-state index contributed by atoms with van der Waals surface area (Å²) in [7, 11) is 1.61. The largest absolute Gasteiger partial charge is 0.368 e. The lowest BCUT2D eigenvalue weighted by molar-refractivity contribution is 0.493. The van der Waals surface area contributed by atoms with Crippen molar-refractivity contribution < 1.29 is 8.78 Å². The summed E-state index contributed by atoms with van der Waals surface area (Å²) in [5, 5.41) is 10.1. The first-order chi connectivity index (χ1) is 17.4. The van der Waals surface area contributed by atoms with Gasteiger partial charge in [-0.05, 0) is 73.5 Å². The number of anilines is 3. The summed E-state index contributed by atoms with van der Waals surface area (Å²) in [5.74, 6) is -0.666. The van der Waals surface area contributed by atoms with Crippen LogP contribution in [0.4, 0.5) is 25.8 Å². The van der Waals surface area contributed by atoms with E-state index in [1.165, 1.54) is 28.8 Å². The molecule has 0 bridgehead atoms. The van der Waals surface area contributed by atoms with E-state index in [-0.39, 0.29) is 34.0 Å². The van der Waals surface area contributed by atoms with Crippen LogP contribution in [0.3, 0.4) is 0 Å². The van der Waals surface area contributed by atoms with Crippen molar-refractivity contribution in [1.29, 1.82) is 5.26 Å². The van der Waals surface area contributed by atoms with Gasteiger partial charge in [-0.15, -0.1) is 0 Å². The van der Waals surface area contributed by atoms with Crippen LogP contribution in [0, 0.1) is 23.0 Å². The minimum absolute atomic E-state index is 0.0251. The van der Waals surface area contributed by atoms with Crippen LogP contribution >= 0.6 is 11.6 Å². The second-order valence-electron chi connectivity index (χ2n) is 8.74. The molecule has 0 unspecified atom stereocenters. The zero-order valence-corrected chi connectivity index (χ0v) is 20.2. The molecule has 0 spiro atoms. The predicted molar refractivity (Wildman–Crippen MR) is 137 cm³/mol. The monoisotopic (exact) mass is 505 g/mol. The highest BCUT2D eigenvalue weighted by Crippen LogP contribution is 2.35. The summed E-state index contributed by atoms with van der Waals surface area (Å²) in [5.41, 5.74) is 2.84. The van der Waals surface area contributed by atoms with Crippen molar-refractivity contribution in [2.45, 2.75) is 18.9 Å². The number of hydrogen-bond acceptors (Lipinski definition) is 5. The molecule has 1 aliphatic rings. The van der Waals surface area contributed by atoms with Gasteiger partial charge in [-0.3, -0.25) is 4.79 Å². The third-order valence-corrected chi connectivity index (χ3v) is 6.86. The fraction of sp³-hybridized carbons (Fsp3) is 0.222. The number of pyridine rings is 2. The highest BCUT2D eigenvalue weighted by Gasteiger charge is 2.30. The average molecular weight is 506 g/mol. The first-order valence-corrected chi connectivity index (χ1v) is 11.9. The van der Waals surface area contributed by atoms with Crippen LogP contribution in [0.2, 0.25) is 5.15 Å². The summed E-state index contributed by atoms with van der Waals surface area (Å²) in [4.78, 5) is 21.5. The summed E-state index contributed by atoms with van der Waals surface area (Å²) in [6.45, 7) is 1.10. The van der Waals surface area contributed by atoms with Gasteiger partial charge in [0.15, 0.2) is 0 Å². The molecule has 182 valence electrons. The van der Waals surface area contributed by atoms with E-state index < -0.39 is 0 Å². The molecule has 0 N–H and O–H groups in total. The molecule has 1 fully saturated rings. The Morgan fingerprint density at radius 1 is 0.972 bits per heavy atom. The normalized spacial score (nSPS) is 14.1. The lowest BCUT2D eigenvalue weighted by Gasteiger charge is -2.41. The van der Waals surface area contributed by atoms with Crippen LogP contribution in [0.1, 0.15) is 18.4 Å². The van der Waals surface area contributed by atoms with E-state index in [1.807, 2.05) is 4.90 Å². The second kappa shape index (κ2) is 9.59. The average Bonchev–Trinajstić information content (AvgIpc) is 2.89. The Labute approximate surface area is 211 Å². The number of halogens is 3. The Hall–Kier alpha value is -3.96. The Kier molecular flexibility index (Phi) is 6.33. The summed E-state index contributed by atoms with van der Waals surface area (Å²) in [6, 6.07) is 17.9. The maximum Gasteiger partial charge on any atom is 0.270 e. The Bertz CT molecular complexity index is 1480. The predicted octanol–water partition coefficient (Wildman–Crippen LogP) is 5.54. The molecule has 2 aromatic heterocycles. The van der Waals surface area contributed by atoms with Crippen LogP contribution in [-0.2, 0) is 7.05 Å². The molecular formula is C27H22ClF2N5O. The van der Waals surface area contributed by atoms with Gasteiger partial charge in [-0.1, -0.05) is 11.6 Å². The van der Waals surface area contributed by atoms with Gasteiger partial charge in [0.25, 0.3) is 5.56 Å². The maximum atomic E-state index is 13.6. The molecule has 2 aromatic carbocycles. The van der Waals surface area contributed by atoms with E-state index in [0.717, 1.165) is 11.4 Å². The van der Waals surface area contributed by atoms with Gasteiger partial charge in [0.1, 0.15) is 33.9 Å². The Morgan fingerprint density at radius 3 is 2.06 bits per heavy atom. The smallest absolute Gasteiger partial charge is 0.270 e. The molecule has 5 rings (SSSR count).